The number of rotatable bonds is 4. The first-order valence-electron chi connectivity index (χ1n) is 4.73. The van der Waals surface area contributed by atoms with Crippen LogP contribution in [0.3, 0.4) is 0 Å². The van der Waals surface area contributed by atoms with Crippen molar-refractivity contribution in [3.63, 3.8) is 0 Å². The first-order chi connectivity index (χ1) is 8.31. The number of hydrogen-bond acceptors (Lipinski definition) is 6. The van der Waals surface area contributed by atoms with E-state index in [2.05, 4.69) is 9.47 Å². The standard InChI is InChI=1S/C9H10O9/c1-17-9(16)5-3(7(12)13)2(6(10)11)4(18-5)8(14)15/h2-5H,1H3,(H,10,11)(H,12,13)(H,14,15). The molecule has 18 heavy (non-hydrogen) atoms. The molecule has 9 nitrogen and oxygen atoms in total. The summed E-state index contributed by atoms with van der Waals surface area (Å²) in [6.07, 6.45) is -3.66. The molecule has 3 N–H and O–H groups in total. The van der Waals surface area contributed by atoms with Crippen molar-refractivity contribution in [3.05, 3.63) is 0 Å². The number of carboxylic acids is 3. The normalized spacial score (nSPS) is 30.7. The molecular weight excluding hydrogens is 252 g/mol. The number of hydrogen-bond donors (Lipinski definition) is 3. The Hall–Kier alpha value is -2.16. The molecule has 1 fully saturated rings. The van der Waals surface area contributed by atoms with E-state index in [4.69, 9.17) is 15.3 Å². The number of aliphatic carboxylic acids is 3. The van der Waals surface area contributed by atoms with E-state index in [1.54, 1.807) is 0 Å². The molecule has 0 amide bonds. The summed E-state index contributed by atoms with van der Waals surface area (Å²) in [7, 11) is 0.953. The van der Waals surface area contributed by atoms with Gasteiger partial charge in [0.2, 0.25) is 0 Å². The lowest BCUT2D eigenvalue weighted by Gasteiger charge is -2.14. The molecule has 0 aromatic carbocycles. The Morgan fingerprint density at radius 1 is 0.889 bits per heavy atom. The molecule has 0 spiro atoms. The predicted octanol–water partition coefficient (Wildman–Crippen LogP) is -1.59. The van der Waals surface area contributed by atoms with Crippen LogP contribution in [0.15, 0.2) is 0 Å². The van der Waals surface area contributed by atoms with Crippen LogP contribution in [0, 0.1) is 11.8 Å². The van der Waals surface area contributed by atoms with Gasteiger partial charge in [-0.3, -0.25) is 9.59 Å². The summed E-state index contributed by atoms with van der Waals surface area (Å²) in [6.45, 7) is 0. The zero-order valence-electron chi connectivity index (χ0n) is 9.10. The maximum absolute atomic E-state index is 11.3. The largest absolute Gasteiger partial charge is 0.481 e. The van der Waals surface area contributed by atoms with E-state index in [0.717, 1.165) is 7.11 Å². The second kappa shape index (κ2) is 5.00. The van der Waals surface area contributed by atoms with Crippen molar-refractivity contribution in [1.29, 1.82) is 0 Å². The minimum absolute atomic E-state index is 0.953. The van der Waals surface area contributed by atoms with Crippen molar-refractivity contribution < 1.29 is 44.0 Å². The van der Waals surface area contributed by atoms with E-state index in [9.17, 15) is 19.2 Å². The number of ether oxygens (including phenoxy) is 2. The molecule has 1 heterocycles. The van der Waals surface area contributed by atoms with Crippen LogP contribution < -0.4 is 0 Å². The topological polar surface area (TPSA) is 147 Å². The predicted molar refractivity (Wildman–Crippen MR) is 50.6 cm³/mol. The van der Waals surface area contributed by atoms with Gasteiger partial charge in [-0.2, -0.15) is 0 Å². The van der Waals surface area contributed by atoms with Gasteiger partial charge in [-0.25, -0.2) is 9.59 Å². The highest BCUT2D eigenvalue weighted by molar-refractivity contribution is 5.92. The lowest BCUT2D eigenvalue weighted by molar-refractivity contribution is -0.165. The van der Waals surface area contributed by atoms with Gasteiger partial charge < -0.3 is 24.8 Å². The molecule has 0 saturated carbocycles. The number of carbonyl (C=O) groups excluding carboxylic acids is 1. The van der Waals surface area contributed by atoms with Crippen LogP contribution in [-0.2, 0) is 28.7 Å². The Labute approximate surface area is 99.9 Å². The molecule has 0 radical (unpaired) electrons. The van der Waals surface area contributed by atoms with Crippen LogP contribution in [0.4, 0.5) is 0 Å². The van der Waals surface area contributed by atoms with E-state index in [-0.39, 0.29) is 0 Å². The summed E-state index contributed by atoms with van der Waals surface area (Å²) in [5.41, 5.74) is 0. The summed E-state index contributed by atoms with van der Waals surface area (Å²) in [5.74, 6) is -9.75. The molecule has 1 aliphatic rings. The van der Waals surface area contributed by atoms with Gasteiger partial charge in [-0.1, -0.05) is 0 Å². The van der Waals surface area contributed by atoms with Gasteiger partial charge in [0.05, 0.1) is 7.11 Å². The maximum atomic E-state index is 11.3. The van der Waals surface area contributed by atoms with Crippen molar-refractivity contribution in [2.75, 3.05) is 7.11 Å². The third-order valence-corrected chi connectivity index (χ3v) is 2.58. The maximum Gasteiger partial charge on any atom is 0.335 e. The molecule has 100 valence electrons. The summed E-state index contributed by atoms with van der Waals surface area (Å²) in [6, 6.07) is 0. The molecular formula is C9H10O9. The fraction of sp³-hybridized carbons (Fsp3) is 0.556. The van der Waals surface area contributed by atoms with E-state index in [1.165, 1.54) is 0 Å². The number of esters is 1. The molecule has 0 aromatic rings. The summed E-state index contributed by atoms with van der Waals surface area (Å²) in [5, 5.41) is 26.5. The fourth-order valence-electron chi connectivity index (χ4n) is 1.80. The highest BCUT2D eigenvalue weighted by atomic mass is 16.6. The Morgan fingerprint density at radius 3 is 1.67 bits per heavy atom. The van der Waals surface area contributed by atoms with Crippen molar-refractivity contribution in [1.82, 2.24) is 0 Å². The Balaban J connectivity index is 3.17. The number of carbonyl (C=O) groups is 4. The van der Waals surface area contributed by atoms with Gasteiger partial charge in [0.25, 0.3) is 0 Å². The highest BCUT2D eigenvalue weighted by Crippen LogP contribution is 2.34. The van der Waals surface area contributed by atoms with Gasteiger partial charge in [0.1, 0.15) is 11.8 Å². The Kier molecular flexibility index (Phi) is 3.86. The highest BCUT2D eigenvalue weighted by Gasteiger charge is 2.58. The first-order valence-corrected chi connectivity index (χ1v) is 4.73. The van der Waals surface area contributed by atoms with Gasteiger partial charge in [0, 0.05) is 0 Å². The molecule has 1 rings (SSSR count). The van der Waals surface area contributed by atoms with E-state index >= 15 is 0 Å². The van der Waals surface area contributed by atoms with Gasteiger partial charge in [-0.15, -0.1) is 0 Å². The monoisotopic (exact) mass is 262 g/mol. The fourth-order valence-corrected chi connectivity index (χ4v) is 1.80. The second-order valence-corrected chi connectivity index (χ2v) is 3.57. The van der Waals surface area contributed by atoms with Crippen molar-refractivity contribution in [3.8, 4) is 0 Å². The van der Waals surface area contributed by atoms with Crippen LogP contribution >= 0.6 is 0 Å². The third kappa shape index (κ3) is 2.25. The van der Waals surface area contributed by atoms with Crippen molar-refractivity contribution in [2.24, 2.45) is 11.8 Å². The third-order valence-electron chi connectivity index (χ3n) is 2.58. The average Bonchev–Trinajstić information content (AvgIpc) is 2.68. The van der Waals surface area contributed by atoms with Gasteiger partial charge in [-0.05, 0) is 0 Å². The minimum atomic E-state index is -1.91. The second-order valence-electron chi connectivity index (χ2n) is 3.57. The molecule has 9 heteroatoms. The molecule has 4 unspecified atom stereocenters. The number of methoxy groups -OCH3 is 1. The molecule has 1 aliphatic heterocycles. The zero-order valence-corrected chi connectivity index (χ0v) is 9.10. The first kappa shape index (κ1) is 13.9. The summed E-state index contributed by atoms with van der Waals surface area (Å²) in [4.78, 5) is 44.0. The molecule has 0 aliphatic carbocycles. The van der Waals surface area contributed by atoms with Gasteiger partial charge in [0.15, 0.2) is 12.2 Å². The molecule has 0 aromatic heterocycles. The SMILES string of the molecule is COC(=O)C1OC(C(=O)O)C(C(=O)O)C1C(=O)O. The Bertz CT molecular complexity index is 401. The summed E-state index contributed by atoms with van der Waals surface area (Å²) >= 11 is 0. The van der Waals surface area contributed by atoms with Crippen LogP contribution in [0.5, 0.6) is 0 Å². The quantitative estimate of drug-likeness (QED) is 0.510. The molecule has 1 saturated heterocycles. The van der Waals surface area contributed by atoms with Crippen LogP contribution in [0.1, 0.15) is 0 Å². The average molecular weight is 262 g/mol. The van der Waals surface area contributed by atoms with Crippen LogP contribution in [0.2, 0.25) is 0 Å². The van der Waals surface area contributed by atoms with Crippen LogP contribution in [0.25, 0.3) is 0 Å². The van der Waals surface area contributed by atoms with Crippen molar-refractivity contribution >= 4 is 23.9 Å². The van der Waals surface area contributed by atoms with Gasteiger partial charge >= 0.3 is 23.9 Å². The van der Waals surface area contributed by atoms with E-state index in [0.29, 0.717) is 0 Å². The van der Waals surface area contributed by atoms with Crippen molar-refractivity contribution in [2.45, 2.75) is 12.2 Å². The molecule has 4 atom stereocenters. The van der Waals surface area contributed by atoms with E-state index < -0.39 is 47.9 Å². The van der Waals surface area contributed by atoms with E-state index in [1.807, 2.05) is 0 Å². The number of carboxylic acid groups (broad SMARTS) is 3. The zero-order chi connectivity index (χ0) is 14.0. The lowest BCUT2D eigenvalue weighted by atomic mass is 9.87. The Morgan fingerprint density at radius 2 is 1.33 bits per heavy atom. The smallest absolute Gasteiger partial charge is 0.335 e. The summed E-state index contributed by atoms with van der Waals surface area (Å²) < 4.78 is 8.95. The lowest BCUT2D eigenvalue weighted by Crippen LogP contribution is -2.39. The molecule has 0 bridgehead atoms. The minimum Gasteiger partial charge on any atom is -0.481 e. The van der Waals surface area contributed by atoms with Crippen LogP contribution in [-0.4, -0.2) is 58.5 Å².